The van der Waals surface area contributed by atoms with Crippen molar-refractivity contribution >= 4 is 0 Å². The minimum Gasteiger partial charge on any atom is -0.466 e. The van der Waals surface area contributed by atoms with Gasteiger partial charge in [-0.1, -0.05) is 0 Å². The zero-order valence-electron chi connectivity index (χ0n) is 11.1. The third-order valence-corrected chi connectivity index (χ3v) is 2.75. The molecule has 0 saturated carbocycles. The predicted octanol–water partition coefficient (Wildman–Crippen LogP) is -2.90. The molecule has 1 saturated heterocycles. The summed E-state index contributed by atoms with van der Waals surface area (Å²) in [6.45, 7) is 6.42. The first-order valence-electron chi connectivity index (χ1n) is 6.04. The van der Waals surface area contributed by atoms with Crippen molar-refractivity contribution in [1.29, 1.82) is 0 Å². The van der Waals surface area contributed by atoms with Gasteiger partial charge in [0.05, 0.1) is 0 Å². The van der Waals surface area contributed by atoms with E-state index in [1.807, 2.05) is 13.8 Å². The largest absolute Gasteiger partial charge is 0.466 e. The molecule has 0 aromatic carbocycles. The van der Waals surface area contributed by atoms with Gasteiger partial charge in [-0.25, -0.2) is 23.2 Å². The van der Waals surface area contributed by atoms with Crippen LogP contribution in [0.3, 0.4) is 0 Å². The fraction of sp³-hybridized carbons (Fsp3) is 0.583. The maximum atomic E-state index is 8.49. The van der Waals surface area contributed by atoms with E-state index in [1.54, 1.807) is 0 Å². The van der Waals surface area contributed by atoms with E-state index in [1.165, 1.54) is 37.7 Å². The van der Waals surface area contributed by atoms with E-state index in [0.29, 0.717) is 0 Å². The van der Waals surface area contributed by atoms with E-state index >= 15 is 0 Å². The molecule has 0 aliphatic carbocycles. The Kier molecular flexibility index (Phi) is 5.96. The summed E-state index contributed by atoms with van der Waals surface area (Å²) in [7, 11) is -4.94. The molecule has 108 valence electrons. The molecule has 1 aromatic heterocycles. The number of hydrogen-bond acceptors (Lipinski definition) is 5. The normalized spacial score (nSPS) is 15.8. The van der Waals surface area contributed by atoms with Gasteiger partial charge in [0.1, 0.15) is 24.6 Å². The van der Waals surface area contributed by atoms with Crippen molar-refractivity contribution in [3.05, 3.63) is 29.0 Å². The van der Waals surface area contributed by atoms with Crippen LogP contribution in [-0.2, 0) is 0 Å². The van der Waals surface area contributed by atoms with Crippen molar-refractivity contribution in [2.45, 2.75) is 33.1 Å². The van der Waals surface area contributed by atoms with Gasteiger partial charge in [0.25, 0.3) is 0 Å². The molecular weight excluding hydrogens is 274 g/mol. The molecular formula is C12H18ClNO5. The van der Waals surface area contributed by atoms with Gasteiger partial charge in [-0.05, 0) is 20.3 Å². The minimum absolute atomic E-state index is 1.01. The van der Waals surface area contributed by atoms with Crippen molar-refractivity contribution in [1.82, 2.24) is 4.58 Å². The molecule has 0 unspecified atom stereocenters. The molecule has 2 heterocycles. The Bertz CT molecular complexity index is 440. The highest BCUT2D eigenvalue weighted by atomic mass is 35.7. The van der Waals surface area contributed by atoms with Crippen molar-refractivity contribution in [2.75, 3.05) is 13.1 Å². The number of hydrogen-bond donors (Lipinski definition) is 0. The topological polar surface area (TPSA) is 108 Å². The van der Waals surface area contributed by atoms with E-state index in [4.69, 9.17) is 23.1 Å². The fourth-order valence-corrected chi connectivity index (χ4v) is 2.11. The van der Waals surface area contributed by atoms with E-state index < -0.39 is 10.2 Å². The van der Waals surface area contributed by atoms with Crippen LogP contribution in [0.25, 0.3) is 0 Å². The lowest BCUT2D eigenvalue weighted by Crippen LogP contribution is -2.68. The zero-order valence-corrected chi connectivity index (χ0v) is 11.8. The lowest BCUT2D eigenvalue weighted by molar-refractivity contribution is -2.00. The summed E-state index contributed by atoms with van der Waals surface area (Å²) in [6.07, 6.45) is 4.03. The zero-order chi connectivity index (χ0) is 14.5. The standard InChI is InChI=1S/C12H18NO.ClHO4/c1-10-8-12(9-11(2)14-10)13-6-4-3-5-7-13;2-1(3,4)5/h8-9H,3-7H2,1-2H3;(H,2,3,4,5)/q+1;/p-1. The van der Waals surface area contributed by atoms with Crippen LogP contribution in [0.1, 0.15) is 30.8 Å². The first-order valence-corrected chi connectivity index (χ1v) is 7.27. The molecule has 0 spiro atoms. The van der Waals surface area contributed by atoms with Crippen LogP contribution in [0, 0.1) is 24.1 Å². The molecule has 2 rings (SSSR count). The van der Waals surface area contributed by atoms with Gasteiger partial charge in [-0.3, -0.25) is 0 Å². The number of nitrogens with zero attached hydrogens (tertiary/aromatic N) is 1. The second kappa shape index (κ2) is 7.02. The van der Waals surface area contributed by atoms with Gasteiger partial charge in [0, 0.05) is 25.0 Å². The highest BCUT2D eigenvalue weighted by Crippen LogP contribution is 2.02. The highest BCUT2D eigenvalue weighted by molar-refractivity contribution is 5.03. The first-order chi connectivity index (χ1) is 8.75. The van der Waals surface area contributed by atoms with Crippen LogP contribution in [-0.4, -0.2) is 13.1 Å². The summed E-state index contributed by atoms with van der Waals surface area (Å²) in [4.78, 5) is 0. The summed E-state index contributed by atoms with van der Waals surface area (Å²) in [5.74, 6) is 2.01. The second-order valence-electron chi connectivity index (χ2n) is 4.46. The van der Waals surface area contributed by atoms with Crippen LogP contribution in [0.2, 0.25) is 0 Å². The van der Waals surface area contributed by atoms with Gasteiger partial charge in [0.2, 0.25) is 5.36 Å². The van der Waals surface area contributed by atoms with Gasteiger partial charge in [-0.15, -0.1) is 10.2 Å². The maximum absolute atomic E-state index is 8.49. The quantitative estimate of drug-likeness (QED) is 0.476. The van der Waals surface area contributed by atoms with Gasteiger partial charge in [-0.2, -0.15) is 0 Å². The molecule has 1 aromatic rings. The van der Waals surface area contributed by atoms with Crippen molar-refractivity contribution in [3.8, 4) is 0 Å². The van der Waals surface area contributed by atoms with E-state index in [-0.39, 0.29) is 0 Å². The Labute approximate surface area is 114 Å². The predicted molar refractivity (Wildman–Crippen MR) is 57.0 cm³/mol. The Balaban J connectivity index is 0.000000312. The van der Waals surface area contributed by atoms with E-state index in [9.17, 15) is 0 Å². The monoisotopic (exact) mass is 291 g/mol. The molecule has 7 heteroatoms. The van der Waals surface area contributed by atoms with Gasteiger partial charge in [0.15, 0.2) is 0 Å². The Morgan fingerprint density at radius 1 is 0.947 bits per heavy atom. The smallest absolute Gasteiger partial charge is 0.206 e. The number of rotatable bonds is 0. The summed E-state index contributed by atoms with van der Waals surface area (Å²) >= 11 is 0. The summed E-state index contributed by atoms with van der Waals surface area (Å²) in [5, 5.41) is 1.32. The summed E-state index contributed by atoms with van der Waals surface area (Å²) < 4.78 is 41.9. The molecule has 19 heavy (non-hydrogen) atoms. The van der Waals surface area contributed by atoms with Crippen molar-refractivity contribution in [2.24, 2.45) is 0 Å². The fourth-order valence-electron chi connectivity index (χ4n) is 2.11. The van der Waals surface area contributed by atoms with E-state index in [0.717, 1.165) is 11.5 Å². The molecule has 0 atom stereocenters. The lowest BCUT2D eigenvalue weighted by Gasteiger charge is -2.17. The molecule has 0 bridgehead atoms. The van der Waals surface area contributed by atoms with Gasteiger partial charge >= 0.3 is 0 Å². The van der Waals surface area contributed by atoms with Gasteiger partial charge < -0.3 is 4.42 Å². The van der Waals surface area contributed by atoms with Crippen molar-refractivity contribution < 1.29 is 33.3 Å². The second-order valence-corrected chi connectivity index (χ2v) is 5.22. The first kappa shape index (κ1) is 16.1. The molecule has 1 aliphatic rings. The lowest BCUT2D eigenvalue weighted by atomic mass is 10.1. The third kappa shape index (κ3) is 7.29. The number of halogens is 1. The third-order valence-electron chi connectivity index (χ3n) is 2.75. The van der Waals surface area contributed by atoms with Crippen LogP contribution >= 0.6 is 0 Å². The number of aryl methyl sites for hydroxylation is 2. The Hall–Kier alpha value is -0.920. The van der Waals surface area contributed by atoms with Crippen LogP contribution in [0.5, 0.6) is 0 Å². The molecule has 0 N–H and O–H groups in total. The van der Waals surface area contributed by atoms with Crippen LogP contribution < -0.4 is 28.6 Å². The average Bonchev–Trinajstić information content (AvgIpc) is 2.26. The van der Waals surface area contributed by atoms with Crippen molar-refractivity contribution in [3.63, 3.8) is 0 Å². The maximum Gasteiger partial charge on any atom is 0.206 e. The molecule has 1 fully saturated rings. The van der Waals surface area contributed by atoms with Crippen LogP contribution in [0.15, 0.2) is 16.5 Å². The van der Waals surface area contributed by atoms with E-state index in [2.05, 4.69) is 16.7 Å². The van der Waals surface area contributed by atoms with Crippen LogP contribution in [0.4, 0.5) is 0 Å². The molecule has 0 amide bonds. The Morgan fingerprint density at radius 2 is 1.37 bits per heavy atom. The molecule has 6 nitrogen and oxygen atoms in total. The molecule has 0 radical (unpaired) electrons. The Morgan fingerprint density at radius 3 is 1.79 bits per heavy atom. The summed E-state index contributed by atoms with van der Waals surface area (Å²) in [6, 6.07) is 4.27. The molecule has 1 aliphatic heterocycles. The highest BCUT2D eigenvalue weighted by Gasteiger charge is 2.11. The number of piperidine rings is 1. The SMILES string of the molecule is Cc1cc(=[N+]2CCCCC2)cc(C)o1.[O-][Cl+3]([O-])([O-])[O-]. The summed E-state index contributed by atoms with van der Waals surface area (Å²) in [5.41, 5.74) is 0. The minimum atomic E-state index is -4.94. The average molecular weight is 292 g/mol.